The lowest BCUT2D eigenvalue weighted by molar-refractivity contribution is -0.136. The molecule has 1 saturated heterocycles. The van der Waals surface area contributed by atoms with E-state index >= 15 is 0 Å². The van der Waals surface area contributed by atoms with E-state index in [9.17, 15) is 15.0 Å². The predicted octanol–water partition coefficient (Wildman–Crippen LogP) is 0.541. The van der Waals surface area contributed by atoms with Crippen molar-refractivity contribution in [2.24, 2.45) is 5.41 Å². The topological polar surface area (TPSA) is 130 Å². The molecule has 1 unspecified atom stereocenters. The average Bonchev–Trinajstić information content (AvgIpc) is 3.53. The number of pyridine rings is 1. The van der Waals surface area contributed by atoms with E-state index in [4.69, 9.17) is 4.74 Å². The Bertz CT molecular complexity index is 1090. The van der Waals surface area contributed by atoms with Gasteiger partial charge in [-0.15, -0.1) is 5.10 Å². The maximum absolute atomic E-state index is 11.8. The highest BCUT2D eigenvalue weighted by molar-refractivity contribution is 5.91. The molecule has 2 N–H and O–H groups in total. The van der Waals surface area contributed by atoms with Gasteiger partial charge in [-0.25, -0.2) is 9.78 Å². The molecule has 0 radical (unpaired) electrons. The molecule has 2 aromatic heterocycles. The van der Waals surface area contributed by atoms with E-state index < -0.39 is 12.3 Å². The number of rotatable bonds is 5. The number of esters is 1. The molecule has 2 aromatic rings. The zero-order valence-corrected chi connectivity index (χ0v) is 18.6. The molecule has 0 saturated carbocycles. The summed E-state index contributed by atoms with van der Waals surface area (Å²) in [5.41, 5.74) is 2.76. The van der Waals surface area contributed by atoms with E-state index in [0.717, 1.165) is 42.8 Å². The number of ether oxygens (including phenoxy) is 1. The van der Waals surface area contributed by atoms with Crippen LogP contribution in [0.5, 0.6) is 0 Å². The zero-order valence-electron chi connectivity index (χ0n) is 18.6. The summed E-state index contributed by atoms with van der Waals surface area (Å²) in [6, 6.07) is 3.60. The minimum absolute atomic E-state index is 0.195. The Balaban J connectivity index is 1.21. The van der Waals surface area contributed by atoms with Crippen molar-refractivity contribution in [2.75, 3.05) is 26.2 Å². The smallest absolute Gasteiger partial charge is 0.336 e. The van der Waals surface area contributed by atoms with Crippen LogP contribution >= 0.6 is 0 Å². The number of aliphatic hydroxyl groups excluding tert-OH is 2. The average molecular weight is 454 g/mol. The van der Waals surface area contributed by atoms with Crippen LogP contribution in [0.3, 0.4) is 0 Å². The quantitative estimate of drug-likeness (QED) is 0.619. The van der Waals surface area contributed by atoms with Gasteiger partial charge in [0.2, 0.25) is 0 Å². The predicted molar refractivity (Wildman–Crippen MR) is 115 cm³/mol. The lowest BCUT2D eigenvalue weighted by Gasteiger charge is -2.44. The largest absolute Gasteiger partial charge is 0.456 e. The molecular weight excluding hydrogens is 426 g/mol. The van der Waals surface area contributed by atoms with E-state index in [-0.39, 0.29) is 18.0 Å². The van der Waals surface area contributed by atoms with Gasteiger partial charge in [0.1, 0.15) is 19.2 Å². The first-order chi connectivity index (χ1) is 15.9. The third kappa shape index (κ3) is 3.71. The van der Waals surface area contributed by atoms with Crippen molar-refractivity contribution in [2.45, 2.75) is 39.0 Å². The first kappa shape index (κ1) is 21.7. The number of hydrogen-bond acceptors (Lipinski definition) is 10. The minimum atomic E-state index is -0.730. The van der Waals surface area contributed by atoms with Crippen molar-refractivity contribution < 1.29 is 19.7 Å². The summed E-state index contributed by atoms with van der Waals surface area (Å²) in [6.07, 6.45) is 5.17. The molecule has 33 heavy (non-hydrogen) atoms. The molecule has 0 amide bonds. The molecule has 1 spiro atoms. The summed E-state index contributed by atoms with van der Waals surface area (Å²) >= 11 is 0. The fourth-order valence-electron chi connectivity index (χ4n) is 4.97. The Kier molecular flexibility index (Phi) is 5.47. The summed E-state index contributed by atoms with van der Waals surface area (Å²) in [7, 11) is 0. The Morgan fingerprint density at radius 1 is 1.27 bits per heavy atom. The molecule has 5 rings (SSSR count). The van der Waals surface area contributed by atoms with Gasteiger partial charge < -0.3 is 24.7 Å². The normalized spacial score (nSPS) is 23.9. The minimum Gasteiger partial charge on any atom is -0.456 e. The van der Waals surface area contributed by atoms with Gasteiger partial charge in [0.05, 0.1) is 17.4 Å². The summed E-state index contributed by atoms with van der Waals surface area (Å²) < 4.78 is 6.59. The van der Waals surface area contributed by atoms with Crippen LogP contribution in [0.2, 0.25) is 0 Å². The van der Waals surface area contributed by atoms with Crippen LogP contribution in [0.15, 0.2) is 47.7 Å². The summed E-state index contributed by atoms with van der Waals surface area (Å²) in [6.45, 7) is 5.95. The lowest BCUT2D eigenvalue weighted by Crippen LogP contribution is -2.49. The number of piperidine rings is 1. The van der Waals surface area contributed by atoms with Crippen LogP contribution in [0.25, 0.3) is 5.82 Å². The lowest BCUT2D eigenvalue weighted by atomic mass is 9.73. The number of tetrazole rings is 1. The third-order valence-corrected chi connectivity index (χ3v) is 7.19. The van der Waals surface area contributed by atoms with Gasteiger partial charge in [0.15, 0.2) is 5.82 Å². The number of likely N-dealkylation sites (tertiary alicyclic amines) is 1. The fourth-order valence-corrected chi connectivity index (χ4v) is 4.97. The third-order valence-electron chi connectivity index (χ3n) is 7.19. The van der Waals surface area contributed by atoms with Crippen molar-refractivity contribution in [3.8, 4) is 5.82 Å². The van der Waals surface area contributed by atoms with Gasteiger partial charge in [0.25, 0.3) is 0 Å². The number of aliphatic hydroxyl groups is 2. The van der Waals surface area contributed by atoms with Gasteiger partial charge in [0, 0.05) is 29.9 Å². The van der Waals surface area contributed by atoms with Crippen molar-refractivity contribution >= 4 is 5.97 Å². The molecule has 3 aliphatic heterocycles. The SMILES string of the molecule is CC1=CN(C2=C(C)C(=O)OC2)C(O)C12CCN(C[C@H](O)c1ccc(-n3cnnn3)nc1)CC2. The molecule has 3 aliphatic rings. The Labute approximate surface area is 191 Å². The molecule has 11 heteroatoms. The van der Waals surface area contributed by atoms with Crippen molar-refractivity contribution in [3.05, 3.63) is 53.3 Å². The maximum atomic E-state index is 11.8. The van der Waals surface area contributed by atoms with E-state index in [2.05, 4.69) is 25.4 Å². The summed E-state index contributed by atoms with van der Waals surface area (Å²) in [5.74, 6) is 0.256. The van der Waals surface area contributed by atoms with Gasteiger partial charge >= 0.3 is 5.97 Å². The Morgan fingerprint density at radius 2 is 2.06 bits per heavy atom. The molecular formula is C22H27N7O4. The van der Waals surface area contributed by atoms with Crippen LogP contribution in [-0.4, -0.2) is 83.6 Å². The van der Waals surface area contributed by atoms with E-state index in [0.29, 0.717) is 17.9 Å². The number of carbonyl (C=O) groups excluding carboxylic acids is 1. The van der Waals surface area contributed by atoms with Gasteiger partial charge in [-0.05, 0) is 61.8 Å². The van der Waals surface area contributed by atoms with Crippen molar-refractivity contribution in [1.82, 2.24) is 35.0 Å². The van der Waals surface area contributed by atoms with Crippen LogP contribution in [0, 0.1) is 5.41 Å². The van der Waals surface area contributed by atoms with Gasteiger partial charge in [-0.1, -0.05) is 6.07 Å². The number of β-amino-alcohol motifs (C(OH)–C–C–N with tert-alkyl or cyclic N) is 1. The number of cyclic esters (lactones) is 1. The molecule has 5 heterocycles. The molecule has 11 nitrogen and oxygen atoms in total. The number of carbonyl (C=O) groups is 1. The molecule has 0 bridgehead atoms. The van der Waals surface area contributed by atoms with Gasteiger partial charge in [-0.2, -0.15) is 4.68 Å². The first-order valence-corrected chi connectivity index (χ1v) is 11.0. The second kappa shape index (κ2) is 8.32. The summed E-state index contributed by atoms with van der Waals surface area (Å²) in [4.78, 5) is 20.1. The number of aromatic nitrogens is 5. The molecule has 1 fully saturated rings. The van der Waals surface area contributed by atoms with Crippen LogP contribution < -0.4 is 0 Å². The van der Waals surface area contributed by atoms with Crippen LogP contribution in [-0.2, 0) is 9.53 Å². The molecule has 174 valence electrons. The first-order valence-electron chi connectivity index (χ1n) is 11.0. The maximum Gasteiger partial charge on any atom is 0.336 e. The molecule has 0 aliphatic carbocycles. The van der Waals surface area contributed by atoms with Crippen LogP contribution in [0.1, 0.15) is 38.4 Å². The second-order valence-electron chi connectivity index (χ2n) is 8.92. The zero-order chi connectivity index (χ0) is 23.2. The van der Waals surface area contributed by atoms with Crippen molar-refractivity contribution in [1.29, 1.82) is 0 Å². The van der Waals surface area contributed by atoms with E-state index in [1.54, 1.807) is 24.1 Å². The Hall–Kier alpha value is -3.15. The second-order valence-corrected chi connectivity index (χ2v) is 8.92. The van der Waals surface area contributed by atoms with Crippen LogP contribution in [0.4, 0.5) is 0 Å². The highest BCUT2D eigenvalue weighted by atomic mass is 16.5. The highest BCUT2D eigenvalue weighted by Crippen LogP contribution is 2.49. The number of hydrogen-bond donors (Lipinski definition) is 2. The monoisotopic (exact) mass is 453 g/mol. The highest BCUT2D eigenvalue weighted by Gasteiger charge is 2.50. The fraction of sp³-hybridized carbons (Fsp3) is 0.500. The van der Waals surface area contributed by atoms with Gasteiger partial charge in [-0.3, -0.25) is 0 Å². The standard InChI is InChI=1S/C22H27N7O4/c1-14-10-28(17-12-33-20(31)15(17)2)21(32)22(14)5-7-27(8-6-22)11-18(30)16-3-4-19(23-9-16)29-13-24-25-26-29/h3-4,9-10,13,18,21,30,32H,5-8,11-12H2,1-2H3/t18-,21?/m0/s1. The number of nitrogens with zero attached hydrogens (tertiary/aromatic N) is 7. The molecule has 0 aromatic carbocycles. The van der Waals surface area contributed by atoms with E-state index in [1.165, 1.54) is 11.0 Å². The molecule has 2 atom stereocenters. The Morgan fingerprint density at radius 3 is 2.67 bits per heavy atom. The van der Waals surface area contributed by atoms with E-state index in [1.807, 2.05) is 19.2 Å². The summed E-state index contributed by atoms with van der Waals surface area (Å²) in [5, 5.41) is 33.0. The van der Waals surface area contributed by atoms with Crippen molar-refractivity contribution in [3.63, 3.8) is 0 Å².